The summed E-state index contributed by atoms with van der Waals surface area (Å²) in [5, 5.41) is 17.3. The molecule has 0 aliphatic rings. The van der Waals surface area contributed by atoms with Crippen LogP contribution in [-0.2, 0) is 9.59 Å². The Labute approximate surface area is 254 Å². The average molecular weight is 594 g/mol. The second-order valence-electron chi connectivity index (χ2n) is 9.90. The number of carbonyl (C=O) groups excluding carboxylic acids is 3. The van der Waals surface area contributed by atoms with Crippen LogP contribution in [0.25, 0.3) is 6.08 Å². The molecular formula is C34H31N3O5S. The molecule has 4 N–H and O–H groups in total. The molecule has 3 amide bonds. The van der Waals surface area contributed by atoms with Crippen molar-refractivity contribution in [2.24, 2.45) is 0 Å². The number of carbonyl (C=O) groups is 4. The van der Waals surface area contributed by atoms with Gasteiger partial charge in [0.05, 0.1) is 11.3 Å². The molecule has 218 valence electrons. The molecule has 43 heavy (non-hydrogen) atoms. The lowest BCUT2D eigenvalue weighted by Gasteiger charge is -2.12. The molecule has 0 fully saturated rings. The van der Waals surface area contributed by atoms with Crippen molar-refractivity contribution in [3.8, 4) is 0 Å². The maximum Gasteiger partial charge on any atom is 0.335 e. The molecular weight excluding hydrogens is 562 g/mol. The first-order valence-corrected chi connectivity index (χ1v) is 14.5. The molecule has 0 aromatic heterocycles. The molecule has 0 atom stereocenters. The van der Waals surface area contributed by atoms with E-state index in [-0.39, 0.29) is 22.9 Å². The standard InChI is InChI=1S/C34H31N3O5S/c1-22(2)24-10-8-23(9-11-24)20-30(37-32(39)25-6-4-3-5-7-25)33(40)36-28-16-18-29(19-17-28)43-21-31(38)35-27-14-12-26(13-15-27)34(41)42/h3-20,22H,21H2,1-2H3,(H,35,38)(H,36,40)(H,37,39)(H,41,42)/b30-20-. The van der Waals surface area contributed by atoms with Crippen LogP contribution in [0.1, 0.15) is 51.6 Å². The van der Waals surface area contributed by atoms with E-state index in [1.54, 1.807) is 54.6 Å². The van der Waals surface area contributed by atoms with Crippen LogP contribution in [0.3, 0.4) is 0 Å². The quantitative estimate of drug-likeness (QED) is 0.114. The van der Waals surface area contributed by atoms with Gasteiger partial charge in [-0.2, -0.15) is 0 Å². The van der Waals surface area contributed by atoms with Gasteiger partial charge in [-0.25, -0.2) is 4.79 Å². The Kier molecular flexibility index (Phi) is 10.5. The van der Waals surface area contributed by atoms with Crippen LogP contribution in [0.4, 0.5) is 11.4 Å². The number of anilines is 2. The number of rotatable bonds is 11. The second-order valence-corrected chi connectivity index (χ2v) is 10.9. The highest BCUT2D eigenvalue weighted by molar-refractivity contribution is 8.00. The van der Waals surface area contributed by atoms with Crippen molar-refractivity contribution in [3.63, 3.8) is 0 Å². The number of benzene rings is 4. The zero-order valence-corrected chi connectivity index (χ0v) is 24.5. The number of hydrogen-bond donors (Lipinski definition) is 4. The van der Waals surface area contributed by atoms with Gasteiger partial charge < -0.3 is 21.1 Å². The van der Waals surface area contributed by atoms with E-state index in [9.17, 15) is 19.2 Å². The average Bonchev–Trinajstić information content (AvgIpc) is 3.01. The zero-order chi connectivity index (χ0) is 30.8. The van der Waals surface area contributed by atoms with Crippen LogP contribution >= 0.6 is 11.8 Å². The number of amides is 3. The number of nitrogens with one attached hydrogen (secondary N) is 3. The van der Waals surface area contributed by atoms with Gasteiger partial charge in [0, 0.05) is 21.8 Å². The topological polar surface area (TPSA) is 125 Å². The molecule has 4 aromatic rings. The van der Waals surface area contributed by atoms with Crippen LogP contribution in [0, 0.1) is 0 Å². The lowest BCUT2D eigenvalue weighted by molar-refractivity contribution is -0.114. The fraction of sp³-hybridized carbons (Fsp3) is 0.118. The number of aromatic carboxylic acids is 1. The summed E-state index contributed by atoms with van der Waals surface area (Å²) in [7, 11) is 0. The number of hydrogen-bond acceptors (Lipinski definition) is 5. The maximum atomic E-state index is 13.3. The molecule has 0 aliphatic carbocycles. The summed E-state index contributed by atoms with van der Waals surface area (Å²) < 4.78 is 0. The van der Waals surface area contributed by atoms with Crippen molar-refractivity contribution < 1.29 is 24.3 Å². The summed E-state index contributed by atoms with van der Waals surface area (Å²) in [5.41, 5.74) is 3.63. The van der Waals surface area contributed by atoms with Gasteiger partial charge in [-0.1, -0.05) is 56.3 Å². The third-order valence-corrected chi connectivity index (χ3v) is 7.35. The van der Waals surface area contributed by atoms with E-state index in [2.05, 4.69) is 29.8 Å². The molecule has 8 nitrogen and oxygen atoms in total. The summed E-state index contributed by atoms with van der Waals surface area (Å²) >= 11 is 1.31. The molecule has 0 aliphatic heterocycles. The predicted octanol–water partition coefficient (Wildman–Crippen LogP) is 6.65. The summed E-state index contributed by atoms with van der Waals surface area (Å²) in [4.78, 5) is 50.3. The molecule has 0 radical (unpaired) electrons. The van der Waals surface area contributed by atoms with E-state index in [1.807, 2.05) is 30.3 Å². The minimum atomic E-state index is -1.03. The first kappa shape index (κ1) is 30.8. The van der Waals surface area contributed by atoms with Crippen molar-refractivity contribution in [3.05, 3.63) is 131 Å². The van der Waals surface area contributed by atoms with Gasteiger partial charge in [0.15, 0.2) is 0 Å². The molecule has 0 unspecified atom stereocenters. The van der Waals surface area contributed by atoms with Gasteiger partial charge in [0.25, 0.3) is 11.8 Å². The molecule has 0 heterocycles. The van der Waals surface area contributed by atoms with Gasteiger partial charge >= 0.3 is 5.97 Å². The van der Waals surface area contributed by atoms with Crippen LogP contribution in [0.15, 0.2) is 114 Å². The summed E-state index contributed by atoms with van der Waals surface area (Å²) in [6.07, 6.45) is 1.64. The monoisotopic (exact) mass is 593 g/mol. The second kappa shape index (κ2) is 14.7. The van der Waals surface area contributed by atoms with Gasteiger partial charge in [-0.05, 0) is 83.8 Å². The third-order valence-electron chi connectivity index (χ3n) is 6.34. The van der Waals surface area contributed by atoms with Gasteiger partial charge in [0.2, 0.25) is 5.91 Å². The predicted molar refractivity (Wildman–Crippen MR) is 170 cm³/mol. The van der Waals surface area contributed by atoms with Crippen molar-refractivity contribution in [2.45, 2.75) is 24.7 Å². The minimum absolute atomic E-state index is 0.0951. The Balaban J connectivity index is 1.39. The lowest BCUT2D eigenvalue weighted by atomic mass is 10.0. The summed E-state index contributed by atoms with van der Waals surface area (Å²) in [5.74, 6) is -1.65. The molecule has 0 bridgehead atoms. The van der Waals surface area contributed by atoms with Crippen LogP contribution in [0.2, 0.25) is 0 Å². The normalized spacial score (nSPS) is 11.1. The number of thioether (sulfide) groups is 1. The number of carboxylic acid groups (broad SMARTS) is 1. The SMILES string of the molecule is CC(C)c1ccc(/C=C(\NC(=O)c2ccccc2)C(=O)Nc2ccc(SCC(=O)Nc3ccc(C(=O)O)cc3)cc2)cc1. The number of carboxylic acids is 1. The highest BCUT2D eigenvalue weighted by atomic mass is 32.2. The van der Waals surface area contributed by atoms with E-state index >= 15 is 0 Å². The van der Waals surface area contributed by atoms with Crippen molar-refractivity contribution in [2.75, 3.05) is 16.4 Å². The van der Waals surface area contributed by atoms with E-state index < -0.39 is 17.8 Å². The van der Waals surface area contributed by atoms with E-state index in [4.69, 9.17) is 5.11 Å². The van der Waals surface area contributed by atoms with Gasteiger partial charge in [-0.15, -0.1) is 11.8 Å². The third kappa shape index (κ3) is 9.17. The molecule has 0 spiro atoms. The molecule has 0 saturated carbocycles. The van der Waals surface area contributed by atoms with E-state index in [0.29, 0.717) is 22.9 Å². The van der Waals surface area contributed by atoms with Crippen molar-refractivity contribution >= 4 is 52.9 Å². The highest BCUT2D eigenvalue weighted by Gasteiger charge is 2.15. The lowest BCUT2D eigenvalue weighted by Crippen LogP contribution is -2.30. The van der Waals surface area contributed by atoms with Crippen molar-refractivity contribution in [1.82, 2.24) is 5.32 Å². The largest absolute Gasteiger partial charge is 0.478 e. The summed E-state index contributed by atoms with van der Waals surface area (Å²) in [6.45, 7) is 4.21. The maximum absolute atomic E-state index is 13.3. The Bertz CT molecular complexity index is 1620. The minimum Gasteiger partial charge on any atom is -0.478 e. The van der Waals surface area contributed by atoms with Crippen LogP contribution in [0.5, 0.6) is 0 Å². The Hall–Kier alpha value is -5.15. The fourth-order valence-corrected chi connectivity index (χ4v) is 4.66. The summed E-state index contributed by atoms with van der Waals surface area (Å²) in [6, 6.07) is 29.4. The van der Waals surface area contributed by atoms with Gasteiger partial charge in [-0.3, -0.25) is 14.4 Å². The Morgan fingerprint density at radius 2 is 1.35 bits per heavy atom. The van der Waals surface area contributed by atoms with E-state index in [1.165, 1.54) is 41.6 Å². The highest BCUT2D eigenvalue weighted by Crippen LogP contribution is 2.22. The first-order valence-electron chi connectivity index (χ1n) is 13.5. The van der Waals surface area contributed by atoms with Gasteiger partial charge in [0.1, 0.15) is 5.70 Å². The van der Waals surface area contributed by atoms with E-state index in [0.717, 1.165) is 10.5 Å². The molecule has 9 heteroatoms. The Morgan fingerprint density at radius 1 is 0.744 bits per heavy atom. The fourth-order valence-electron chi connectivity index (χ4n) is 3.96. The smallest absolute Gasteiger partial charge is 0.335 e. The zero-order valence-electron chi connectivity index (χ0n) is 23.7. The Morgan fingerprint density at radius 3 is 1.95 bits per heavy atom. The first-order chi connectivity index (χ1) is 20.7. The molecule has 4 aromatic carbocycles. The van der Waals surface area contributed by atoms with Crippen LogP contribution in [-0.4, -0.2) is 34.6 Å². The molecule has 4 rings (SSSR count). The molecule has 0 saturated heterocycles. The van der Waals surface area contributed by atoms with Crippen LogP contribution < -0.4 is 16.0 Å². The van der Waals surface area contributed by atoms with Crippen molar-refractivity contribution in [1.29, 1.82) is 0 Å².